The Morgan fingerprint density at radius 2 is 2.40 bits per heavy atom. The molecule has 1 radical (unpaired) electrons. The van der Waals surface area contributed by atoms with Gasteiger partial charge in [-0.15, -0.1) is 6.42 Å². The van der Waals surface area contributed by atoms with E-state index in [2.05, 4.69) is 22.8 Å². The number of ether oxygens (including phenoxy) is 1. The lowest BCUT2D eigenvalue weighted by Crippen LogP contribution is -2.34. The number of halogens is 1. The van der Waals surface area contributed by atoms with E-state index in [-0.39, 0.29) is 11.1 Å². The van der Waals surface area contributed by atoms with Crippen LogP contribution in [-0.2, 0) is 4.74 Å². The Morgan fingerprint density at radius 1 is 1.65 bits per heavy atom. The highest BCUT2D eigenvalue weighted by Crippen LogP contribution is 2.37. The summed E-state index contributed by atoms with van der Waals surface area (Å²) in [7, 11) is 0. The van der Waals surface area contributed by atoms with E-state index in [0.717, 1.165) is 0 Å². The van der Waals surface area contributed by atoms with Crippen molar-refractivity contribution in [1.82, 2.24) is 14.5 Å². The minimum atomic E-state index is -1.26. The number of hydrogen-bond donors (Lipinski definition) is 2. The SMILES string of the molecule is C#C[C@@]1([CH2])OC(n2ccc3c(N)nc(Cl)nc32)CC1O. The van der Waals surface area contributed by atoms with E-state index in [1.807, 2.05) is 0 Å². The summed E-state index contributed by atoms with van der Waals surface area (Å²) in [6.45, 7) is 3.74. The maximum atomic E-state index is 9.97. The summed E-state index contributed by atoms with van der Waals surface area (Å²) in [6.07, 6.45) is 6.07. The fourth-order valence-electron chi connectivity index (χ4n) is 2.31. The van der Waals surface area contributed by atoms with E-state index in [9.17, 15) is 5.11 Å². The van der Waals surface area contributed by atoms with Crippen molar-refractivity contribution in [2.45, 2.75) is 24.4 Å². The van der Waals surface area contributed by atoms with E-state index < -0.39 is 17.9 Å². The first-order valence-corrected chi connectivity index (χ1v) is 6.31. The van der Waals surface area contributed by atoms with Gasteiger partial charge in [-0.3, -0.25) is 0 Å². The van der Waals surface area contributed by atoms with Gasteiger partial charge in [-0.2, -0.15) is 4.98 Å². The van der Waals surface area contributed by atoms with Crippen LogP contribution in [0.1, 0.15) is 12.6 Å². The van der Waals surface area contributed by atoms with Gasteiger partial charge >= 0.3 is 0 Å². The third kappa shape index (κ3) is 1.83. The average Bonchev–Trinajstić information content (AvgIpc) is 2.92. The molecule has 0 saturated carbocycles. The number of aliphatic hydroxyl groups excluding tert-OH is 1. The molecule has 0 aliphatic carbocycles. The van der Waals surface area contributed by atoms with Crippen LogP contribution >= 0.6 is 11.6 Å². The standard InChI is InChI=1S/C13H12ClN4O2/c1-3-13(2)8(19)6-9(20-13)18-5-4-7-10(15)16-12(14)17-11(7)18/h1,4-5,8-9,19H,2,6H2,(H2,15,16,17)/t8?,9?,13-/m1/s1. The molecule has 0 spiro atoms. The Hall–Kier alpha value is -1.81. The first-order chi connectivity index (χ1) is 9.44. The molecule has 103 valence electrons. The summed E-state index contributed by atoms with van der Waals surface area (Å²) in [4.78, 5) is 8.03. The molecule has 3 heterocycles. The Labute approximate surface area is 120 Å². The molecule has 7 heteroatoms. The van der Waals surface area contributed by atoms with Gasteiger partial charge < -0.3 is 20.1 Å². The van der Waals surface area contributed by atoms with Gasteiger partial charge in [0.15, 0.2) is 5.60 Å². The predicted octanol–water partition coefficient (Wildman–Crippen LogP) is 1.15. The minimum Gasteiger partial charge on any atom is -0.389 e. The number of hydrogen-bond acceptors (Lipinski definition) is 5. The summed E-state index contributed by atoms with van der Waals surface area (Å²) in [5.74, 6) is 2.66. The van der Waals surface area contributed by atoms with Crippen LogP contribution in [0.4, 0.5) is 5.82 Å². The summed E-state index contributed by atoms with van der Waals surface area (Å²) in [5.41, 5.74) is 5.06. The lowest BCUT2D eigenvalue weighted by atomic mass is 10.0. The van der Waals surface area contributed by atoms with Crippen LogP contribution in [-0.4, -0.2) is 31.3 Å². The van der Waals surface area contributed by atoms with Gasteiger partial charge in [-0.25, -0.2) is 4.98 Å². The van der Waals surface area contributed by atoms with Crippen LogP contribution in [0.15, 0.2) is 12.3 Å². The third-order valence-corrected chi connectivity index (χ3v) is 3.61. The monoisotopic (exact) mass is 291 g/mol. The Balaban J connectivity index is 2.07. The second kappa shape index (κ2) is 4.35. The average molecular weight is 292 g/mol. The molecule has 0 bridgehead atoms. The van der Waals surface area contributed by atoms with Gasteiger partial charge in [0.25, 0.3) is 0 Å². The van der Waals surface area contributed by atoms with Crippen molar-refractivity contribution >= 4 is 28.5 Å². The Morgan fingerprint density at radius 3 is 3.05 bits per heavy atom. The molecule has 2 aromatic heterocycles. The zero-order chi connectivity index (χ0) is 14.5. The van der Waals surface area contributed by atoms with Crippen LogP contribution in [0.3, 0.4) is 0 Å². The van der Waals surface area contributed by atoms with Crippen LogP contribution in [0, 0.1) is 19.3 Å². The number of fused-ring (bicyclic) bond motifs is 1. The van der Waals surface area contributed by atoms with E-state index in [1.165, 1.54) is 0 Å². The quantitative estimate of drug-likeness (QED) is 0.608. The molecule has 1 fully saturated rings. The van der Waals surface area contributed by atoms with Gasteiger partial charge in [0.05, 0.1) is 11.5 Å². The van der Waals surface area contributed by atoms with Gasteiger partial charge in [0.1, 0.15) is 17.7 Å². The molecule has 1 aliphatic heterocycles. The van der Waals surface area contributed by atoms with E-state index in [0.29, 0.717) is 17.5 Å². The number of aromatic nitrogens is 3. The molecule has 6 nitrogen and oxygen atoms in total. The normalized spacial score (nSPS) is 29.7. The molecule has 20 heavy (non-hydrogen) atoms. The van der Waals surface area contributed by atoms with Crippen LogP contribution in [0.5, 0.6) is 0 Å². The number of nitrogen functional groups attached to an aromatic ring is 1. The third-order valence-electron chi connectivity index (χ3n) is 3.44. The second-order valence-corrected chi connectivity index (χ2v) is 5.03. The Bertz CT molecular complexity index is 723. The zero-order valence-corrected chi connectivity index (χ0v) is 11.2. The molecular weight excluding hydrogens is 280 g/mol. The van der Waals surface area contributed by atoms with Crippen LogP contribution < -0.4 is 5.73 Å². The minimum absolute atomic E-state index is 0.0475. The molecule has 3 atom stereocenters. The fraction of sp³-hybridized carbons (Fsp3) is 0.308. The molecule has 0 aromatic carbocycles. The van der Waals surface area contributed by atoms with Crippen molar-refractivity contribution in [1.29, 1.82) is 0 Å². The fourth-order valence-corrected chi connectivity index (χ4v) is 2.48. The van der Waals surface area contributed by atoms with Crippen molar-refractivity contribution in [2.75, 3.05) is 5.73 Å². The summed E-state index contributed by atoms with van der Waals surface area (Å²) in [6, 6.07) is 1.76. The van der Waals surface area contributed by atoms with Crippen LogP contribution in [0.2, 0.25) is 5.28 Å². The number of aliphatic hydroxyl groups is 1. The molecule has 3 N–H and O–H groups in total. The molecule has 0 amide bonds. The van der Waals surface area contributed by atoms with Crippen molar-refractivity contribution in [3.63, 3.8) is 0 Å². The van der Waals surface area contributed by atoms with Gasteiger partial charge in [-0.1, -0.05) is 5.92 Å². The smallest absolute Gasteiger partial charge is 0.226 e. The van der Waals surface area contributed by atoms with E-state index in [4.69, 9.17) is 28.5 Å². The zero-order valence-electron chi connectivity index (χ0n) is 10.5. The topological polar surface area (TPSA) is 86.2 Å². The number of terminal acetylenes is 1. The van der Waals surface area contributed by atoms with Gasteiger partial charge in [0.2, 0.25) is 5.28 Å². The molecule has 2 aromatic rings. The highest BCUT2D eigenvalue weighted by molar-refractivity contribution is 6.28. The number of nitrogens with two attached hydrogens (primary N) is 1. The second-order valence-electron chi connectivity index (χ2n) is 4.70. The van der Waals surface area contributed by atoms with Crippen molar-refractivity contribution in [3.05, 3.63) is 24.5 Å². The maximum absolute atomic E-state index is 9.97. The van der Waals surface area contributed by atoms with Crippen molar-refractivity contribution in [3.8, 4) is 12.3 Å². The lowest BCUT2D eigenvalue weighted by molar-refractivity contribution is -0.0348. The molecule has 3 rings (SSSR count). The summed E-state index contributed by atoms with van der Waals surface area (Å²) in [5, 5.41) is 10.7. The maximum Gasteiger partial charge on any atom is 0.226 e. The van der Waals surface area contributed by atoms with Gasteiger partial charge in [0, 0.05) is 12.6 Å². The highest BCUT2D eigenvalue weighted by atomic mass is 35.5. The lowest BCUT2D eigenvalue weighted by Gasteiger charge is -2.21. The van der Waals surface area contributed by atoms with Gasteiger partial charge in [-0.05, 0) is 24.6 Å². The first-order valence-electron chi connectivity index (χ1n) is 5.93. The van der Waals surface area contributed by atoms with Crippen molar-refractivity contribution in [2.24, 2.45) is 0 Å². The predicted molar refractivity (Wildman–Crippen MR) is 74.6 cm³/mol. The van der Waals surface area contributed by atoms with E-state index in [1.54, 1.807) is 16.8 Å². The molecule has 1 aliphatic rings. The molecule has 1 saturated heterocycles. The highest BCUT2D eigenvalue weighted by Gasteiger charge is 2.44. The van der Waals surface area contributed by atoms with Crippen molar-refractivity contribution < 1.29 is 9.84 Å². The van der Waals surface area contributed by atoms with E-state index >= 15 is 0 Å². The summed E-state index contributed by atoms with van der Waals surface area (Å²) < 4.78 is 7.38. The summed E-state index contributed by atoms with van der Waals surface area (Å²) >= 11 is 5.82. The largest absolute Gasteiger partial charge is 0.389 e. The Kier molecular flexibility index (Phi) is 2.87. The molecular formula is C13H12ClN4O2. The molecule has 2 unspecified atom stereocenters. The number of anilines is 1. The number of rotatable bonds is 1. The van der Waals surface area contributed by atoms with Crippen LogP contribution in [0.25, 0.3) is 11.0 Å². The number of nitrogens with zero attached hydrogens (tertiary/aromatic N) is 3. The first kappa shape index (κ1) is 13.2.